The fourth-order valence-electron chi connectivity index (χ4n) is 2.73. The average Bonchev–Trinajstić information content (AvgIpc) is 2.47. The molecule has 116 valence electrons. The number of nitrogens with one attached hydrogen (secondary N) is 1. The summed E-state index contributed by atoms with van der Waals surface area (Å²) in [6, 6.07) is 7.84. The van der Waals surface area contributed by atoms with Crippen LogP contribution in [-0.2, 0) is 11.2 Å². The lowest BCUT2D eigenvalue weighted by atomic mass is 9.95. The zero-order chi connectivity index (χ0) is 15.1. The monoisotopic (exact) mass is 291 g/mol. The molecule has 0 spiro atoms. The molecule has 1 aromatic carbocycles. The normalized spacial score (nSPS) is 17.2. The van der Waals surface area contributed by atoms with Crippen LogP contribution in [-0.4, -0.2) is 29.8 Å². The highest BCUT2D eigenvalue weighted by molar-refractivity contribution is 5.77. The van der Waals surface area contributed by atoms with E-state index >= 15 is 0 Å². The Bertz CT molecular complexity index is 436. The third-order valence-corrected chi connectivity index (χ3v) is 3.79. The highest BCUT2D eigenvalue weighted by atomic mass is 16.5. The van der Waals surface area contributed by atoms with E-state index < -0.39 is 0 Å². The summed E-state index contributed by atoms with van der Waals surface area (Å²) in [4.78, 5) is 11.8. The molecule has 1 amide bonds. The molecule has 1 unspecified atom stereocenters. The first-order valence-corrected chi connectivity index (χ1v) is 7.82. The van der Waals surface area contributed by atoms with Crippen molar-refractivity contribution in [3.05, 3.63) is 29.8 Å². The Morgan fingerprint density at radius 3 is 2.57 bits per heavy atom. The van der Waals surface area contributed by atoms with E-state index in [1.807, 2.05) is 24.3 Å². The second-order valence-corrected chi connectivity index (χ2v) is 5.89. The van der Waals surface area contributed by atoms with Crippen molar-refractivity contribution in [2.45, 2.75) is 57.6 Å². The van der Waals surface area contributed by atoms with Crippen LogP contribution in [0.25, 0.3) is 0 Å². The van der Waals surface area contributed by atoms with Crippen LogP contribution in [0.1, 0.15) is 44.6 Å². The van der Waals surface area contributed by atoms with Gasteiger partial charge in [-0.25, -0.2) is 0 Å². The van der Waals surface area contributed by atoms with Gasteiger partial charge < -0.3 is 15.2 Å². The molecule has 1 aromatic rings. The molecule has 4 heteroatoms. The summed E-state index contributed by atoms with van der Waals surface area (Å²) in [6.07, 6.45) is 6.13. The maximum absolute atomic E-state index is 11.8. The largest absolute Gasteiger partial charge is 0.484 e. The summed E-state index contributed by atoms with van der Waals surface area (Å²) in [7, 11) is 0. The lowest BCUT2D eigenvalue weighted by Gasteiger charge is -2.22. The minimum atomic E-state index is -0.349. The Morgan fingerprint density at radius 1 is 1.29 bits per heavy atom. The summed E-state index contributed by atoms with van der Waals surface area (Å²) in [5, 5.41) is 12.4. The summed E-state index contributed by atoms with van der Waals surface area (Å²) >= 11 is 0. The molecule has 2 rings (SSSR count). The van der Waals surface area contributed by atoms with Crippen LogP contribution in [0.3, 0.4) is 0 Å². The summed E-state index contributed by atoms with van der Waals surface area (Å²) < 4.78 is 5.49. The van der Waals surface area contributed by atoms with Crippen molar-refractivity contribution < 1.29 is 14.6 Å². The average molecular weight is 291 g/mol. The first-order valence-electron chi connectivity index (χ1n) is 7.82. The smallest absolute Gasteiger partial charge is 0.258 e. The highest BCUT2D eigenvalue weighted by Crippen LogP contribution is 2.17. The van der Waals surface area contributed by atoms with Gasteiger partial charge in [-0.15, -0.1) is 0 Å². The van der Waals surface area contributed by atoms with Gasteiger partial charge in [0.2, 0.25) is 0 Å². The fraction of sp³-hybridized carbons (Fsp3) is 0.588. The SMILES string of the molecule is CC(O)Cc1ccc(OCC(=O)NC2CCCCC2)cc1. The molecule has 0 aromatic heterocycles. The molecule has 0 radical (unpaired) electrons. The van der Waals surface area contributed by atoms with Gasteiger partial charge in [0.25, 0.3) is 5.91 Å². The molecule has 1 aliphatic carbocycles. The number of hydrogen-bond acceptors (Lipinski definition) is 3. The van der Waals surface area contributed by atoms with Gasteiger partial charge in [0.15, 0.2) is 6.61 Å². The lowest BCUT2D eigenvalue weighted by Crippen LogP contribution is -2.38. The van der Waals surface area contributed by atoms with Crippen LogP contribution < -0.4 is 10.1 Å². The predicted molar refractivity (Wildman–Crippen MR) is 82.3 cm³/mol. The van der Waals surface area contributed by atoms with Gasteiger partial charge in [-0.2, -0.15) is 0 Å². The van der Waals surface area contributed by atoms with Crippen LogP contribution in [0.15, 0.2) is 24.3 Å². The van der Waals surface area contributed by atoms with Crippen molar-refractivity contribution >= 4 is 5.91 Å². The number of benzene rings is 1. The van der Waals surface area contributed by atoms with E-state index in [-0.39, 0.29) is 18.6 Å². The molecular formula is C17H25NO3. The van der Waals surface area contributed by atoms with Crippen LogP contribution >= 0.6 is 0 Å². The topological polar surface area (TPSA) is 58.6 Å². The first-order chi connectivity index (χ1) is 10.1. The van der Waals surface area contributed by atoms with Gasteiger partial charge in [0, 0.05) is 6.04 Å². The van der Waals surface area contributed by atoms with E-state index in [0.717, 1.165) is 18.4 Å². The maximum Gasteiger partial charge on any atom is 0.258 e. The minimum absolute atomic E-state index is 0.0463. The Kier molecular flexibility index (Phi) is 6.05. The Morgan fingerprint density at radius 2 is 1.95 bits per heavy atom. The summed E-state index contributed by atoms with van der Waals surface area (Å²) in [5.74, 6) is 0.637. The number of aliphatic hydroxyl groups is 1. The molecule has 1 atom stereocenters. The molecule has 0 heterocycles. The Hall–Kier alpha value is -1.55. The van der Waals surface area contributed by atoms with E-state index in [2.05, 4.69) is 5.32 Å². The number of carbonyl (C=O) groups is 1. The Labute approximate surface area is 126 Å². The number of carbonyl (C=O) groups excluding carboxylic acids is 1. The van der Waals surface area contributed by atoms with E-state index in [4.69, 9.17) is 4.74 Å². The second kappa shape index (κ2) is 8.03. The zero-order valence-corrected chi connectivity index (χ0v) is 12.7. The van der Waals surface area contributed by atoms with Crippen molar-refractivity contribution in [3.8, 4) is 5.75 Å². The Balaban J connectivity index is 1.73. The number of hydrogen-bond donors (Lipinski definition) is 2. The molecule has 0 saturated heterocycles. The molecular weight excluding hydrogens is 266 g/mol. The molecule has 2 N–H and O–H groups in total. The van der Waals surface area contributed by atoms with Crippen LogP contribution in [0.2, 0.25) is 0 Å². The number of ether oxygens (including phenoxy) is 1. The number of amides is 1. The van der Waals surface area contributed by atoms with Crippen LogP contribution in [0, 0.1) is 0 Å². The van der Waals surface area contributed by atoms with Gasteiger partial charge in [-0.1, -0.05) is 31.4 Å². The van der Waals surface area contributed by atoms with Crippen molar-refractivity contribution in [3.63, 3.8) is 0 Å². The standard InChI is InChI=1S/C17H25NO3/c1-13(19)11-14-7-9-16(10-8-14)21-12-17(20)18-15-5-3-2-4-6-15/h7-10,13,15,19H,2-6,11-12H2,1H3,(H,18,20). The van der Waals surface area contributed by atoms with E-state index in [1.54, 1.807) is 6.92 Å². The minimum Gasteiger partial charge on any atom is -0.484 e. The lowest BCUT2D eigenvalue weighted by molar-refractivity contribution is -0.124. The molecule has 0 aliphatic heterocycles. The van der Waals surface area contributed by atoms with E-state index in [9.17, 15) is 9.90 Å². The van der Waals surface area contributed by atoms with Gasteiger partial charge in [0.1, 0.15) is 5.75 Å². The number of rotatable bonds is 6. The van der Waals surface area contributed by atoms with E-state index in [0.29, 0.717) is 18.2 Å². The second-order valence-electron chi connectivity index (χ2n) is 5.89. The molecule has 1 saturated carbocycles. The van der Waals surface area contributed by atoms with Crippen molar-refractivity contribution in [2.24, 2.45) is 0 Å². The van der Waals surface area contributed by atoms with Crippen LogP contribution in [0.4, 0.5) is 0 Å². The van der Waals surface area contributed by atoms with Crippen molar-refractivity contribution in [2.75, 3.05) is 6.61 Å². The third-order valence-electron chi connectivity index (χ3n) is 3.79. The zero-order valence-electron chi connectivity index (χ0n) is 12.7. The molecule has 4 nitrogen and oxygen atoms in total. The molecule has 1 fully saturated rings. The molecule has 21 heavy (non-hydrogen) atoms. The predicted octanol–water partition coefficient (Wildman–Crippen LogP) is 2.44. The van der Waals surface area contributed by atoms with Gasteiger partial charge >= 0.3 is 0 Å². The van der Waals surface area contributed by atoms with Gasteiger partial charge in [-0.3, -0.25) is 4.79 Å². The van der Waals surface area contributed by atoms with Gasteiger partial charge in [0.05, 0.1) is 6.10 Å². The third kappa shape index (κ3) is 5.76. The summed E-state index contributed by atoms with van der Waals surface area (Å²) in [5.41, 5.74) is 1.06. The van der Waals surface area contributed by atoms with Crippen LogP contribution in [0.5, 0.6) is 5.75 Å². The highest BCUT2D eigenvalue weighted by Gasteiger charge is 2.15. The quantitative estimate of drug-likeness (QED) is 0.846. The van der Waals surface area contributed by atoms with Gasteiger partial charge in [-0.05, 0) is 43.9 Å². The van der Waals surface area contributed by atoms with Crippen molar-refractivity contribution in [1.82, 2.24) is 5.32 Å². The molecule has 1 aliphatic rings. The number of aliphatic hydroxyl groups excluding tert-OH is 1. The maximum atomic E-state index is 11.8. The first kappa shape index (κ1) is 15.8. The van der Waals surface area contributed by atoms with E-state index in [1.165, 1.54) is 19.3 Å². The summed E-state index contributed by atoms with van der Waals surface area (Å²) in [6.45, 7) is 1.83. The molecule has 0 bridgehead atoms. The fourth-order valence-corrected chi connectivity index (χ4v) is 2.73. The van der Waals surface area contributed by atoms with Crippen molar-refractivity contribution in [1.29, 1.82) is 0 Å².